The number of hydrogen-bond donors (Lipinski definition) is 0. The fourth-order valence-corrected chi connectivity index (χ4v) is 2.28. The maximum atomic E-state index is 14.6. The quantitative estimate of drug-likeness (QED) is 0.394. The summed E-state index contributed by atoms with van der Waals surface area (Å²) in [4.78, 5) is 12.3. The third kappa shape index (κ3) is 4.23. The number of carbonyl (C=O) groups excluding carboxylic acids is 1. The normalized spacial score (nSPS) is 10.0. The van der Waals surface area contributed by atoms with E-state index < -0.39 is 46.0 Å². The predicted octanol–water partition coefficient (Wildman–Crippen LogP) is 3.45. The van der Waals surface area contributed by atoms with Crippen molar-refractivity contribution >= 4 is 5.97 Å². The molecule has 10 heteroatoms. The number of para-hydroxylation sites is 1. The number of rotatable bonds is 7. The Morgan fingerprint density at radius 3 is 2.21 bits per heavy atom. The van der Waals surface area contributed by atoms with Gasteiger partial charge in [-0.2, -0.15) is 14.9 Å². The zero-order chi connectivity index (χ0) is 21.6. The van der Waals surface area contributed by atoms with E-state index in [4.69, 9.17) is 29.5 Å². The summed E-state index contributed by atoms with van der Waals surface area (Å²) >= 11 is 0. The first-order valence-electron chi connectivity index (χ1n) is 7.92. The van der Waals surface area contributed by atoms with Gasteiger partial charge in [-0.3, -0.25) is 0 Å². The van der Waals surface area contributed by atoms with E-state index in [0.29, 0.717) is 0 Å². The minimum atomic E-state index is -1.84. The van der Waals surface area contributed by atoms with Crippen molar-refractivity contribution in [2.75, 3.05) is 27.4 Å². The summed E-state index contributed by atoms with van der Waals surface area (Å²) in [6.45, 7) is -0.0136. The average Bonchev–Trinajstić information content (AvgIpc) is 2.73. The molecule has 0 aliphatic carbocycles. The molecule has 2 rings (SSSR count). The molecule has 150 valence electrons. The number of esters is 1. The van der Waals surface area contributed by atoms with Crippen LogP contribution in [0.2, 0.25) is 0 Å². The predicted molar refractivity (Wildman–Crippen MR) is 91.0 cm³/mol. The van der Waals surface area contributed by atoms with Gasteiger partial charge in [0, 0.05) is 7.11 Å². The third-order valence-corrected chi connectivity index (χ3v) is 3.65. The molecule has 0 radical (unpaired) electrons. The maximum Gasteiger partial charge on any atom is 0.342 e. The van der Waals surface area contributed by atoms with Crippen LogP contribution in [0.1, 0.15) is 21.5 Å². The van der Waals surface area contributed by atoms with Gasteiger partial charge in [0.15, 0.2) is 23.1 Å². The Hall–Kier alpha value is -3.76. The lowest BCUT2D eigenvalue weighted by atomic mass is 10.1. The molecule has 29 heavy (non-hydrogen) atoms. The lowest BCUT2D eigenvalue weighted by molar-refractivity contribution is 0.0384. The Bertz CT molecular complexity index is 1030. The van der Waals surface area contributed by atoms with Crippen molar-refractivity contribution in [1.82, 2.24) is 0 Å². The van der Waals surface area contributed by atoms with Crippen molar-refractivity contribution in [2.24, 2.45) is 0 Å². The Labute approximate surface area is 163 Å². The molecule has 0 saturated carbocycles. The van der Waals surface area contributed by atoms with Crippen LogP contribution in [0.3, 0.4) is 0 Å². The lowest BCUT2D eigenvalue weighted by Gasteiger charge is -2.16. The molecule has 0 fully saturated rings. The van der Waals surface area contributed by atoms with Gasteiger partial charge < -0.3 is 18.9 Å². The van der Waals surface area contributed by atoms with E-state index in [1.807, 2.05) is 0 Å². The molecule has 0 heterocycles. The lowest BCUT2D eigenvalue weighted by Crippen LogP contribution is -2.12. The SMILES string of the molecule is COCCOC(=O)c1cccc(OC)c1Oc1c(F)c(F)c(C#N)c(C#N)c1F. The molecule has 7 nitrogen and oxygen atoms in total. The molecule has 2 aromatic carbocycles. The van der Waals surface area contributed by atoms with Gasteiger partial charge in [-0.15, -0.1) is 0 Å². The molecule has 2 aromatic rings. The zero-order valence-corrected chi connectivity index (χ0v) is 15.2. The third-order valence-electron chi connectivity index (χ3n) is 3.65. The zero-order valence-electron chi connectivity index (χ0n) is 15.2. The second kappa shape index (κ2) is 9.44. The van der Waals surface area contributed by atoms with Crippen molar-refractivity contribution in [3.63, 3.8) is 0 Å². The van der Waals surface area contributed by atoms with E-state index in [-0.39, 0.29) is 24.5 Å². The minimum Gasteiger partial charge on any atom is -0.493 e. The first kappa shape index (κ1) is 21.5. The van der Waals surface area contributed by atoms with E-state index in [1.165, 1.54) is 44.6 Å². The maximum absolute atomic E-state index is 14.6. The molecule has 0 spiro atoms. The fourth-order valence-electron chi connectivity index (χ4n) is 2.28. The fraction of sp³-hybridized carbons (Fsp3) is 0.211. The van der Waals surface area contributed by atoms with Crippen LogP contribution in [0.25, 0.3) is 0 Å². The number of hydrogen-bond acceptors (Lipinski definition) is 7. The number of nitriles is 2. The highest BCUT2D eigenvalue weighted by Crippen LogP contribution is 2.39. The van der Waals surface area contributed by atoms with Gasteiger partial charge in [-0.05, 0) is 12.1 Å². The van der Waals surface area contributed by atoms with Crippen LogP contribution in [-0.4, -0.2) is 33.4 Å². The van der Waals surface area contributed by atoms with Gasteiger partial charge in [-0.1, -0.05) is 6.07 Å². The van der Waals surface area contributed by atoms with Crippen LogP contribution in [0.5, 0.6) is 17.2 Å². The van der Waals surface area contributed by atoms with Gasteiger partial charge >= 0.3 is 5.97 Å². The standard InChI is InChI=1S/C19H13F3N2O5/c1-26-6-7-28-19(25)10-4-3-5-13(27-2)17(10)29-18-15(21)12(9-24)11(8-23)14(20)16(18)22/h3-5H,6-7H2,1-2H3. The van der Waals surface area contributed by atoms with Crippen molar-refractivity contribution in [3.05, 3.63) is 52.3 Å². The van der Waals surface area contributed by atoms with Crippen LogP contribution < -0.4 is 9.47 Å². The van der Waals surface area contributed by atoms with Crippen LogP contribution in [-0.2, 0) is 9.47 Å². The van der Waals surface area contributed by atoms with E-state index in [1.54, 1.807) is 0 Å². The molecular formula is C19H13F3N2O5. The van der Waals surface area contributed by atoms with E-state index in [0.717, 1.165) is 0 Å². The summed E-state index contributed by atoms with van der Waals surface area (Å²) in [7, 11) is 2.60. The molecule has 0 bridgehead atoms. The van der Waals surface area contributed by atoms with Crippen molar-refractivity contribution in [3.8, 4) is 29.4 Å². The number of halogens is 3. The minimum absolute atomic E-state index is 0.0987. The Morgan fingerprint density at radius 1 is 0.966 bits per heavy atom. The number of methoxy groups -OCH3 is 2. The van der Waals surface area contributed by atoms with Gasteiger partial charge in [0.25, 0.3) is 0 Å². The van der Waals surface area contributed by atoms with Gasteiger partial charge in [0.2, 0.25) is 11.6 Å². The molecule has 0 atom stereocenters. The molecule has 0 amide bonds. The number of benzene rings is 2. The summed E-state index contributed by atoms with van der Waals surface area (Å²) < 4.78 is 62.9. The van der Waals surface area contributed by atoms with E-state index >= 15 is 0 Å². The Balaban J connectivity index is 2.61. The first-order valence-corrected chi connectivity index (χ1v) is 7.92. The van der Waals surface area contributed by atoms with Crippen molar-refractivity contribution < 1.29 is 36.9 Å². The molecule has 0 aliphatic rings. The monoisotopic (exact) mass is 406 g/mol. The highest BCUT2D eigenvalue weighted by Gasteiger charge is 2.29. The van der Waals surface area contributed by atoms with Crippen LogP contribution >= 0.6 is 0 Å². The second-order valence-corrected chi connectivity index (χ2v) is 5.31. The molecule has 0 unspecified atom stereocenters. The molecule has 0 aromatic heterocycles. The van der Waals surface area contributed by atoms with Gasteiger partial charge in [-0.25, -0.2) is 13.6 Å². The molecule has 0 N–H and O–H groups in total. The van der Waals surface area contributed by atoms with Gasteiger partial charge in [0.1, 0.15) is 35.4 Å². The second-order valence-electron chi connectivity index (χ2n) is 5.31. The number of ether oxygens (including phenoxy) is 4. The number of nitrogens with zero attached hydrogens (tertiary/aromatic N) is 2. The summed E-state index contributed by atoms with van der Waals surface area (Å²) in [6, 6.07) is 6.46. The summed E-state index contributed by atoms with van der Waals surface area (Å²) in [5.74, 6) is -8.04. The summed E-state index contributed by atoms with van der Waals surface area (Å²) in [5, 5.41) is 17.9. The highest BCUT2D eigenvalue weighted by molar-refractivity contribution is 5.93. The smallest absolute Gasteiger partial charge is 0.342 e. The van der Waals surface area contributed by atoms with Crippen molar-refractivity contribution in [2.45, 2.75) is 0 Å². The van der Waals surface area contributed by atoms with E-state index in [2.05, 4.69) is 0 Å². The largest absolute Gasteiger partial charge is 0.493 e. The van der Waals surface area contributed by atoms with Crippen molar-refractivity contribution in [1.29, 1.82) is 10.5 Å². The highest BCUT2D eigenvalue weighted by atomic mass is 19.2. The topological polar surface area (TPSA) is 102 Å². The number of carbonyl (C=O) groups is 1. The van der Waals surface area contributed by atoms with Gasteiger partial charge in [0.05, 0.1) is 13.7 Å². The average molecular weight is 406 g/mol. The van der Waals surface area contributed by atoms with E-state index in [9.17, 15) is 18.0 Å². The van der Waals surface area contributed by atoms with Crippen LogP contribution in [0, 0.1) is 40.1 Å². The summed E-state index contributed by atoms with van der Waals surface area (Å²) in [5.41, 5.74) is -2.42. The molecule has 0 saturated heterocycles. The van der Waals surface area contributed by atoms with Crippen LogP contribution in [0.4, 0.5) is 13.2 Å². The molecular weight excluding hydrogens is 393 g/mol. The molecule has 0 aliphatic heterocycles. The Kier molecular flexibility index (Phi) is 7.01. The summed E-state index contributed by atoms with van der Waals surface area (Å²) in [6.07, 6.45) is 0. The Morgan fingerprint density at radius 2 is 1.62 bits per heavy atom. The first-order chi connectivity index (χ1) is 13.9. The van der Waals surface area contributed by atoms with Crippen LogP contribution in [0.15, 0.2) is 18.2 Å².